The van der Waals surface area contributed by atoms with E-state index in [-0.39, 0.29) is 11.4 Å². The molecule has 164 valence electrons. The molecule has 0 saturated heterocycles. The van der Waals surface area contributed by atoms with Crippen molar-refractivity contribution in [2.75, 3.05) is 30.1 Å². The summed E-state index contributed by atoms with van der Waals surface area (Å²) in [5.41, 5.74) is -1.42. The molecule has 2 aromatic rings. The monoisotopic (exact) mass is 446 g/mol. The fourth-order valence-corrected chi connectivity index (χ4v) is 4.01. The minimum absolute atomic E-state index is 0.0851. The number of anilines is 2. The number of halogens is 3. The van der Waals surface area contributed by atoms with Gasteiger partial charge in [0.1, 0.15) is 6.04 Å². The Balaban J connectivity index is 2.42. The van der Waals surface area contributed by atoms with Crippen molar-refractivity contribution < 1.29 is 35.9 Å². The number of methoxy groups -OCH3 is 2. The van der Waals surface area contributed by atoms with Crippen LogP contribution in [0.25, 0.3) is 0 Å². The first-order valence-corrected chi connectivity index (χ1v) is 10.4. The molecule has 0 saturated carbocycles. The molecule has 0 aliphatic rings. The van der Waals surface area contributed by atoms with Crippen molar-refractivity contribution in [2.24, 2.45) is 0 Å². The number of carbonyl (C=O) groups excluding carboxylic acids is 1. The van der Waals surface area contributed by atoms with Gasteiger partial charge in [-0.1, -0.05) is 12.1 Å². The van der Waals surface area contributed by atoms with Crippen LogP contribution in [-0.4, -0.2) is 40.8 Å². The van der Waals surface area contributed by atoms with Crippen molar-refractivity contribution in [3.8, 4) is 11.5 Å². The van der Waals surface area contributed by atoms with Gasteiger partial charge in [0.05, 0.1) is 37.4 Å². The molecule has 0 unspecified atom stereocenters. The number of alkyl halides is 3. The lowest BCUT2D eigenvalue weighted by molar-refractivity contribution is -0.137. The fourth-order valence-electron chi connectivity index (χ4n) is 2.85. The number of amides is 1. The van der Waals surface area contributed by atoms with Crippen LogP contribution in [-0.2, 0) is 21.0 Å². The summed E-state index contributed by atoms with van der Waals surface area (Å²) in [5.74, 6) is -0.378. The molecule has 30 heavy (non-hydrogen) atoms. The number of para-hydroxylation sites is 1. The molecular formula is C19H21F3N2O5S. The van der Waals surface area contributed by atoms with Gasteiger partial charge in [0.15, 0.2) is 11.5 Å². The van der Waals surface area contributed by atoms with E-state index in [0.29, 0.717) is 5.75 Å². The Hall–Kier alpha value is -2.95. The number of hydrogen-bond acceptors (Lipinski definition) is 5. The summed E-state index contributed by atoms with van der Waals surface area (Å²) >= 11 is 0. The standard InChI is InChI=1S/C19H21F3N2O5S/c1-12(18(25)23-15-8-6-5-7-14(15)19(20,21)22)24(30(4,26)27)13-9-10-16(28-2)17(11-13)29-3/h5-12H,1-4H3,(H,23,25)/t12-/m1/s1. The second kappa shape index (κ2) is 8.82. The van der Waals surface area contributed by atoms with E-state index in [1.165, 1.54) is 51.5 Å². The highest BCUT2D eigenvalue weighted by Crippen LogP contribution is 2.36. The molecule has 11 heteroatoms. The van der Waals surface area contributed by atoms with E-state index in [2.05, 4.69) is 5.32 Å². The van der Waals surface area contributed by atoms with E-state index in [9.17, 15) is 26.4 Å². The van der Waals surface area contributed by atoms with Crippen molar-refractivity contribution in [3.05, 3.63) is 48.0 Å². The summed E-state index contributed by atoms with van der Waals surface area (Å²) in [7, 11) is -1.22. The molecule has 0 radical (unpaired) electrons. The number of sulfonamides is 1. The van der Waals surface area contributed by atoms with Crippen LogP contribution in [0.1, 0.15) is 12.5 Å². The molecule has 0 bridgehead atoms. The van der Waals surface area contributed by atoms with E-state index in [1.807, 2.05) is 0 Å². The molecule has 2 rings (SSSR count). The molecule has 2 aromatic carbocycles. The number of carbonyl (C=O) groups is 1. The van der Waals surface area contributed by atoms with Crippen LogP contribution in [0.4, 0.5) is 24.5 Å². The highest BCUT2D eigenvalue weighted by Gasteiger charge is 2.35. The first-order chi connectivity index (χ1) is 13.9. The summed E-state index contributed by atoms with van der Waals surface area (Å²) in [5, 5.41) is 2.17. The highest BCUT2D eigenvalue weighted by molar-refractivity contribution is 7.92. The van der Waals surface area contributed by atoms with Crippen molar-refractivity contribution >= 4 is 27.3 Å². The fraction of sp³-hybridized carbons (Fsp3) is 0.316. The molecule has 1 amide bonds. The zero-order chi connectivity index (χ0) is 22.7. The van der Waals surface area contributed by atoms with Gasteiger partial charge in [-0.3, -0.25) is 9.10 Å². The van der Waals surface area contributed by atoms with Crippen LogP contribution in [0.3, 0.4) is 0 Å². The van der Waals surface area contributed by atoms with Gasteiger partial charge in [-0.25, -0.2) is 8.42 Å². The quantitative estimate of drug-likeness (QED) is 0.704. The molecule has 0 spiro atoms. The third kappa shape index (κ3) is 5.15. The normalized spacial score (nSPS) is 12.8. The third-order valence-electron chi connectivity index (χ3n) is 4.20. The van der Waals surface area contributed by atoms with Crippen molar-refractivity contribution in [1.29, 1.82) is 0 Å². The summed E-state index contributed by atoms with van der Waals surface area (Å²) in [6.45, 7) is 1.27. The van der Waals surface area contributed by atoms with Crippen molar-refractivity contribution in [2.45, 2.75) is 19.1 Å². The first kappa shape index (κ1) is 23.3. The maximum Gasteiger partial charge on any atom is 0.418 e. The average molecular weight is 446 g/mol. The van der Waals surface area contributed by atoms with Crippen molar-refractivity contribution in [3.63, 3.8) is 0 Å². The Labute approximate surface area is 172 Å². The molecule has 0 aromatic heterocycles. The zero-order valence-corrected chi connectivity index (χ0v) is 17.5. The molecule has 7 nitrogen and oxygen atoms in total. The summed E-state index contributed by atoms with van der Waals surface area (Å²) < 4.78 is 75.4. The topological polar surface area (TPSA) is 84.9 Å². The van der Waals surface area contributed by atoms with Crippen LogP contribution in [0.5, 0.6) is 11.5 Å². The molecule has 0 aliphatic carbocycles. The third-order valence-corrected chi connectivity index (χ3v) is 5.44. The minimum Gasteiger partial charge on any atom is -0.493 e. The lowest BCUT2D eigenvalue weighted by atomic mass is 10.1. The number of rotatable bonds is 7. The van der Waals surface area contributed by atoms with Gasteiger partial charge in [-0.15, -0.1) is 0 Å². The molecular weight excluding hydrogens is 425 g/mol. The van der Waals surface area contributed by atoms with Gasteiger partial charge >= 0.3 is 6.18 Å². The van der Waals surface area contributed by atoms with Crippen LogP contribution in [0.2, 0.25) is 0 Å². The Bertz CT molecular complexity index is 1030. The summed E-state index contributed by atoms with van der Waals surface area (Å²) in [6.07, 6.45) is -3.80. The molecule has 0 aliphatic heterocycles. The Morgan fingerprint density at radius 2 is 1.67 bits per heavy atom. The van der Waals surface area contributed by atoms with Crippen LogP contribution in [0.15, 0.2) is 42.5 Å². The maximum atomic E-state index is 13.2. The van der Waals surface area contributed by atoms with E-state index in [1.54, 1.807) is 0 Å². The molecule has 0 heterocycles. The number of hydrogen-bond donors (Lipinski definition) is 1. The second-order valence-electron chi connectivity index (χ2n) is 6.31. The Kier molecular flexibility index (Phi) is 6.86. The van der Waals surface area contributed by atoms with Crippen molar-refractivity contribution in [1.82, 2.24) is 0 Å². The lowest BCUT2D eigenvalue weighted by Crippen LogP contribution is -2.45. The van der Waals surface area contributed by atoms with Gasteiger partial charge in [0, 0.05) is 6.07 Å². The van der Waals surface area contributed by atoms with E-state index >= 15 is 0 Å². The van der Waals surface area contributed by atoms with Crippen LogP contribution < -0.4 is 19.1 Å². The van der Waals surface area contributed by atoms with E-state index in [0.717, 1.165) is 22.7 Å². The second-order valence-corrected chi connectivity index (χ2v) is 8.17. The van der Waals surface area contributed by atoms with Gasteiger partial charge in [-0.2, -0.15) is 13.2 Å². The minimum atomic E-state index is -4.69. The summed E-state index contributed by atoms with van der Waals surface area (Å²) in [4.78, 5) is 12.7. The lowest BCUT2D eigenvalue weighted by Gasteiger charge is -2.29. The zero-order valence-electron chi connectivity index (χ0n) is 16.6. The Morgan fingerprint density at radius 1 is 1.07 bits per heavy atom. The molecule has 0 fully saturated rings. The first-order valence-electron chi connectivity index (χ1n) is 8.58. The van der Waals surface area contributed by atoms with E-state index in [4.69, 9.17) is 9.47 Å². The van der Waals surface area contributed by atoms with Crippen LogP contribution >= 0.6 is 0 Å². The Morgan fingerprint density at radius 3 is 2.20 bits per heavy atom. The smallest absolute Gasteiger partial charge is 0.418 e. The van der Waals surface area contributed by atoms with E-state index < -0.39 is 39.4 Å². The average Bonchev–Trinajstić information content (AvgIpc) is 2.66. The predicted molar refractivity (Wildman–Crippen MR) is 106 cm³/mol. The van der Waals surface area contributed by atoms with Gasteiger partial charge in [-0.05, 0) is 31.2 Å². The van der Waals surface area contributed by atoms with Gasteiger partial charge in [0.25, 0.3) is 0 Å². The maximum absolute atomic E-state index is 13.2. The summed E-state index contributed by atoms with van der Waals surface area (Å²) in [6, 6.07) is 7.28. The largest absolute Gasteiger partial charge is 0.493 e. The molecule has 1 atom stereocenters. The van der Waals surface area contributed by atoms with Crippen LogP contribution in [0, 0.1) is 0 Å². The number of benzene rings is 2. The van der Waals surface area contributed by atoms with Gasteiger partial charge < -0.3 is 14.8 Å². The van der Waals surface area contributed by atoms with Gasteiger partial charge in [0.2, 0.25) is 15.9 Å². The number of nitrogens with one attached hydrogen (secondary N) is 1. The molecule has 1 N–H and O–H groups in total. The predicted octanol–water partition coefficient (Wildman–Crippen LogP) is 3.52. The number of nitrogens with zero attached hydrogens (tertiary/aromatic N) is 1. The highest BCUT2D eigenvalue weighted by atomic mass is 32.2. The SMILES string of the molecule is COc1ccc(N([C@H](C)C(=O)Nc2ccccc2C(F)(F)F)S(C)(=O)=O)cc1OC. The number of ether oxygens (including phenoxy) is 2.